The van der Waals surface area contributed by atoms with Crippen LogP contribution in [0, 0.1) is 0 Å². The number of aryl methyl sites for hydroxylation is 1. The Bertz CT molecular complexity index is 814. The maximum atomic E-state index is 12.2. The summed E-state index contributed by atoms with van der Waals surface area (Å²) in [6, 6.07) is 14.5. The van der Waals surface area contributed by atoms with Crippen molar-refractivity contribution in [1.29, 1.82) is 0 Å². The number of benzene rings is 2. The average molecular weight is 385 g/mol. The second-order valence-electron chi connectivity index (χ2n) is 6.49. The van der Waals surface area contributed by atoms with Crippen molar-refractivity contribution in [2.45, 2.75) is 25.7 Å². The van der Waals surface area contributed by atoms with Gasteiger partial charge >= 0.3 is 0 Å². The van der Waals surface area contributed by atoms with Crippen LogP contribution in [0.1, 0.15) is 45.5 Å². The van der Waals surface area contributed by atoms with Crippen LogP contribution in [0.4, 0.5) is 0 Å². The number of nitrogens with one attached hydrogen (secondary N) is 1. The smallest absolute Gasteiger partial charge is 0.261 e. The average Bonchev–Trinajstić information content (AvgIpc) is 2.92. The Kier molecular flexibility index (Phi) is 6.24. The molecule has 0 atom stereocenters. The first-order valence-corrected chi connectivity index (χ1v) is 9.40. The van der Waals surface area contributed by atoms with Crippen molar-refractivity contribution in [2.75, 3.05) is 13.1 Å². The number of hydrogen-bond acceptors (Lipinski definition) is 3. The third kappa shape index (κ3) is 4.74. The molecule has 1 heterocycles. The molecule has 0 aliphatic carbocycles. The second-order valence-corrected chi connectivity index (χ2v) is 6.93. The lowest BCUT2D eigenvalue weighted by Crippen LogP contribution is -2.34. The van der Waals surface area contributed by atoms with Crippen LogP contribution in [-0.4, -0.2) is 35.7 Å². The molecule has 0 saturated heterocycles. The summed E-state index contributed by atoms with van der Waals surface area (Å²) < 4.78 is 0. The molecule has 0 spiro atoms. The van der Waals surface area contributed by atoms with Gasteiger partial charge in [0.15, 0.2) is 0 Å². The summed E-state index contributed by atoms with van der Waals surface area (Å²) in [7, 11) is 0. The first-order valence-electron chi connectivity index (χ1n) is 9.02. The molecule has 2 aromatic carbocycles. The molecule has 0 radical (unpaired) electrons. The van der Waals surface area contributed by atoms with Crippen LogP contribution in [0.3, 0.4) is 0 Å². The molecule has 0 aromatic heterocycles. The van der Waals surface area contributed by atoms with Gasteiger partial charge in [-0.2, -0.15) is 0 Å². The van der Waals surface area contributed by atoms with Gasteiger partial charge in [0.25, 0.3) is 11.8 Å². The van der Waals surface area contributed by atoms with Crippen molar-refractivity contribution in [3.8, 4) is 0 Å². The molecule has 3 amide bonds. The molecule has 1 aliphatic rings. The van der Waals surface area contributed by atoms with Crippen molar-refractivity contribution < 1.29 is 14.4 Å². The lowest BCUT2D eigenvalue weighted by Gasteiger charge is -2.13. The fourth-order valence-electron chi connectivity index (χ4n) is 3.08. The minimum Gasteiger partial charge on any atom is -0.356 e. The van der Waals surface area contributed by atoms with Crippen molar-refractivity contribution in [2.24, 2.45) is 0 Å². The van der Waals surface area contributed by atoms with Crippen molar-refractivity contribution in [3.05, 3.63) is 70.2 Å². The summed E-state index contributed by atoms with van der Waals surface area (Å²) >= 11 is 5.86. The van der Waals surface area contributed by atoms with E-state index < -0.39 is 0 Å². The maximum absolute atomic E-state index is 12.2. The van der Waals surface area contributed by atoms with E-state index in [4.69, 9.17) is 11.6 Å². The highest BCUT2D eigenvalue weighted by Gasteiger charge is 2.34. The number of fused-ring (bicyclic) bond motifs is 1. The lowest BCUT2D eigenvalue weighted by molar-refractivity contribution is -0.121. The number of rotatable bonds is 8. The number of hydrogen-bond donors (Lipinski definition) is 1. The van der Waals surface area contributed by atoms with Gasteiger partial charge in [-0.1, -0.05) is 35.9 Å². The molecule has 6 heteroatoms. The fraction of sp³-hybridized carbons (Fsp3) is 0.286. The van der Waals surface area contributed by atoms with Gasteiger partial charge in [-0.3, -0.25) is 19.3 Å². The van der Waals surface area contributed by atoms with Gasteiger partial charge in [0.2, 0.25) is 5.91 Å². The third-order valence-corrected chi connectivity index (χ3v) is 4.82. The van der Waals surface area contributed by atoms with E-state index in [1.165, 1.54) is 5.56 Å². The highest BCUT2D eigenvalue weighted by molar-refractivity contribution is 6.30. The molecule has 3 rings (SSSR count). The quantitative estimate of drug-likeness (QED) is 0.559. The zero-order valence-electron chi connectivity index (χ0n) is 14.9. The Morgan fingerprint density at radius 3 is 2.19 bits per heavy atom. The summed E-state index contributed by atoms with van der Waals surface area (Å²) in [6.45, 7) is 0.678. The number of nitrogens with zero attached hydrogens (tertiary/aromatic N) is 1. The Morgan fingerprint density at radius 1 is 0.926 bits per heavy atom. The third-order valence-electron chi connectivity index (χ3n) is 4.57. The molecule has 0 unspecified atom stereocenters. The van der Waals surface area contributed by atoms with Crippen molar-refractivity contribution in [1.82, 2.24) is 10.2 Å². The number of unbranched alkanes of at least 4 members (excludes halogenated alkanes) is 1. The number of imide groups is 1. The van der Waals surface area contributed by atoms with Gasteiger partial charge < -0.3 is 5.32 Å². The van der Waals surface area contributed by atoms with Crippen LogP contribution >= 0.6 is 11.6 Å². The van der Waals surface area contributed by atoms with E-state index in [2.05, 4.69) is 5.32 Å². The molecule has 1 N–H and O–H groups in total. The van der Waals surface area contributed by atoms with Crippen LogP contribution in [0.25, 0.3) is 0 Å². The standard InChI is InChI=1S/C21H21ClN2O3/c22-16-10-8-15(9-11-16)5-3-4-13-23-19(25)12-14-24-20(26)17-6-1-2-7-18(17)21(24)27/h1-2,6-11H,3-5,12-14H2,(H,23,25). The van der Waals surface area contributed by atoms with Gasteiger partial charge in [-0.25, -0.2) is 0 Å². The van der Waals surface area contributed by atoms with E-state index in [0.29, 0.717) is 17.7 Å². The zero-order chi connectivity index (χ0) is 19.2. The number of halogens is 1. The molecule has 5 nitrogen and oxygen atoms in total. The maximum Gasteiger partial charge on any atom is 0.261 e. The number of carbonyl (C=O) groups is 3. The lowest BCUT2D eigenvalue weighted by atomic mass is 10.1. The van der Waals surface area contributed by atoms with E-state index in [-0.39, 0.29) is 30.7 Å². The van der Waals surface area contributed by atoms with E-state index in [0.717, 1.165) is 29.2 Å². The van der Waals surface area contributed by atoms with Crippen molar-refractivity contribution in [3.63, 3.8) is 0 Å². The monoisotopic (exact) mass is 384 g/mol. The molecule has 0 saturated carbocycles. The molecule has 27 heavy (non-hydrogen) atoms. The van der Waals surface area contributed by atoms with Gasteiger partial charge in [-0.05, 0) is 49.1 Å². The van der Waals surface area contributed by atoms with Crippen LogP contribution in [0.5, 0.6) is 0 Å². The molecule has 140 valence electrons. The Balaban J connectivity index is 1.35. The SMILES string of the molecule is O=C(CCN1C(=O)c2ccccc2C1=O)NCCCCc1ccc(Cl)cc1. The van der Waals surface area contributed by atoms with Crippen LogP contribution in [0.2, 0.25) is 5.02 Å². The predicted octanol–water partition coefficient (Wildman–Crippen LogP) is 3.47. The largest absolute Gasteiger partial charge is 0.356 e. The Labute approximate surface area is 163 Å². The minimum atomic E-state index is -0.327. The first-order chi connectivity index (χ1) is 13.1. The number of amides is 3. The summed E-state index contributed by atoms with van der Waals surface area (Å²) in [4.78, 5) is 37.6. The first kappa shape index (κ1) is 19.1. The molecule has 0 fully saturated rings. The van der Waals surface area contributed by atoms with E-state index in [9.17, 15) is 14.4 Å². The Hall–Kier alpha value is -2.66. The molecule has 1 aliphatic heterocycles. The minimum absolute atomic E-state index is 0.100. The van der Waals surface area contributed by atoms with Gasteiger partial charge in [0, 0.05) is 24.5 Å². The fourth-order valence-corrected chi connectivity index (χ4v) is 3.20. The summed E-state index contributed by atoms with van der Waals surface area (Å²) in [5.41, 5.74) is 2.03. The molecule has 0 bridgehead atoms. The van der Waals surface area contributed by atoms with Gasteiger partial charge in [0.05, 0.1) is 11.1 Å². The normalized spacial score (nSPS) is 13.0. The van der Waals surface area contributed by atoms with Crippen LogP contribution < -0.4 is 5.32 Å². The Morgan fingerprint density at radius 2 is 1.56 bits per heavy atom. The molecular weight excluding hydrogens is 364 g/mol. The topological polar surface area (TPSA) is 66.5 Å². The van der Waals surface area contributed by atoms with Crippen molar-refractivity contribution >= 4 is 29.3 Å². The van der Waals surface area contributed by atoms with E-state index in [1.807, 2.05) is 24.3 Å². The highest BCUT2D eigenvalue weighted by atomic mass is 35.5. The van der Waals surface area contributed by atoms with Crippen LogP contribution in [-0.2, 0) is 11.2 Å². The predicted molar refractivity (Wildman–Crippen MR) is 104 cm³/mol. The highest BCUT2D eigenvalue weighted by Crippen LogP contribution is 2.22. The van der Waals surface area contributed by atoms with Gasteiger partial charge in [0.1, 0.15) is 0 Å². The molecule has 2 aromatic rings. The van der Waals surface area contributed by atoms with Gasteiger partial charge in [-0.15, -0.1) is 0 Å². The van der Waals surface area contributed by atoms with E-state index >= 15 is 0 Å². The van der Waals surface area contributed by atoms with Crippen LogP contribution in [0.15, 0.2) is 48.5 Å². The second kappa shape index (κ2) is 8.82. The number of carbonyl (C=O) groups excluding carboxylic acids is 3. The molecular formula is C21H21ClN2O3. The summed E-state index contributed by atoms with van der Waals surface area (Å²) in [6.07, 6.45) is 2.87. The van der Waals surface area contributed by atoms with E-state index in [1.54, 1.807) is 24.3 Å². The summed E-state index contributed by atoms with van der Waals surface area (Å²) in [5, 5.41) is 3.57. The zero-order valence-corrected chi connectivity index (χ0v) is 15.7. The summed E-state index contributed by atoms with van der Waals surface area (Å²) in [5.74, 6) is -0.809.